The summed E-state index contributed by atoms with van der Waals surface area (Å²) >= 11 is 0. The van der Waals surface area contributed by atoms with E-state index in [-0.39, 0.29) is 12.1 Å². The second-order valence-electron chi connectivity index (χ2n) is 4.30. The number of ether oxygens (including phenoxy) is 2. The maximum atomic E-state index is 5.91. The van der Waals surface area contributed by atoms with E-state index >= 15 is 0 Å². The summed E-state index contributed by atoms with van der Waals surface area (Å²) in [6.45, 7) is 3.48. The van der Waals surface area contributed by atoms with Crippen LogP contribution in [0, 0.1) is 0 Å². The minimum Gasteiger partial charge on any atom is -0.496 e. The summed E-state index contributed by atoms with van der Waals surface area (Å²) in [6.07, 6.45) is 3.13. The van der Waals surface area contributed by atoms with E-state index in [1.54, 1.807) is 0 Å². The van der Waals surface area contributed by atoms with E-state index in [0.717, 1.165) is 18.8 Å². The molecule has 0 aromatic heterocycles. The van der Waals surface area contributed by atoms with E-state index in [2.05, 4.69) is 23.5 Å². The van der Waals surface area contributed by atoms with Crippen molar-refractivity contribution in [3.8, 4) is 0 Å². The largest absolute Gasteiger partial charge is 0.496 e. The third-order valence-corrected chi connectivity index (χ3v) is 3.13. The van der Waals surface area contributed by atoms with E-state index in [1.807, 2.05) is 32.2 Å². The average Bonchev–Trinajstić information content (AvgIpc) is 2.94. The Hall–Kier alpha value is -1.32. The molecule has 1 aromatic rings. The standard InChI is InChI=1S/C15H21NO2/c1-3-17-15(12-8-5-4-6-9-12)14(16-2)13-10-7-11-18-13/h4-6,8-10,14-16H,3,7,11H2,1-2H3. The van der Waals surface area contributed by atoms with Crippen LogP contribution in [0.5, 0.6) is 0 Å². The second kappa shape index (κ2) is 6.57. The number of hydrogen-bond acceptors (Lipinski definition) is 3. The van der Waals surface area contributed by atoms with E-state index in [9.17, 15) is 0 Å². The van der Waals surface area contributed by atoms with Crippen LogP contribution in [0.3, 0.4) is 0 Å². The topological polar surface area (TPSA) is 30.5 Å². The van der Waals surface area contributed by atoms with Crippen LogP contribution in [0.2, 0.25) is 0 Å². The van der Waals surface area contributed by atoms with Crippen LogP contribution < -0.4 is 5.32 Å². The molecule has 0 saturated heterocycles. The van der Waals surface area contributed by atoms with Gasteiger partial charge in [0.15, 0.2) is 0 Å². The van der Waals surface area contributed by atoms with Crippen LogP contribution in [0.15, 0.2) is 42.2 Å². The van der Waals surface area contributed by atoms with Gasteiger partial charge in [0, 0.05) is 13.0 Å². The molecule has 1 N–H and O–H groups in total. The molecule has 3 nitrogen and oxygen atoms in total. The predicted octanol–water partition coefficient (Wildman–Crippen LogP) is 2.66. The molecule has 98 valence electrons. The molecule has 1 aromatic carbocycles. The molecule has 3 heteroatoms. The molecular weight excluding hydrogens is 226 g/mol. The average molecular weight is 247 g/mol. The molecule has 0 fully saturated rings. The highest BCUT2D eigenvalue weighted by Gasteiger charge is 2.28. The molecule has 18 heavy (non-hydrogen) atoms. The van der Waals surface area contributed by atoms with Gasteiger partial charge in [-0.25, -0.2) is 0 Å². The fourth-order valence-corrected chi connectivity index (χ4v) is 2.30. The zero-order chi connectivity index (χ0) is 12.8. The van der Waals surface area contributed by atoms with Crippen LogP contribution in [0.25, 0.3) is 0 Å². The number of rotatable bonds is 6. The lowest BCUT2D eigenvalue weighted by Crippen LogP contribution is -2.35. The fourth-order valence-electron chi connectivity index (χ4n) is 2.30. The molecule has 0 radical (unpaired) electrons. The van der Waals surface area contributed by atoms with Gasteiger partial charge in [0.05, 0.1) is 12.6 Å². The summed E-state index contributed by atoms with van der Waals surface area (Å²) in [7, 11) is 1.95. The molecule has 0 aliphatic carbocycles. The molecule has 0 spiro atoms. The number of likely N-dealkylation sites (N-methyl/N-ethyl adjacent to an activating group) is 1. The highest BCUT2D eigenvalue weighted by Crippen LogP contribution is 2.28. The first-order chi connectivity index (χ1) is 8.86. The molecule has 0 amide bonds. The monoisotopic (exact) mass is 247 g/mol. The molecule has 0 saturated carbocycles. The zero-order valence-corrected chi connectivity index (χ0v) is 11.1. The van der Waals surface area contributed by atoms with Crippen molar-refractivity contribution in [2.45, 2.75) is 25.5 Å². The Kier molecular flexibility index (Phi) is 4.79. The third-order valence-electron chi connectivity index (χ3n) is 3.13. The van der Waals surface area contributed by atoms with Crippen molar-refractivity contribution >= 4 is 0 Å². The minimum atomic E-state index is -0.00875. The summed E-state index contributed by atoms with van der Waals surface area (Å²) in [6, 6.07) is 10.4. The maximum absolute atomic E-state index is 5.91. The SMILES string of the molecule is CCOC(c1ccccc1)C(NC)C1=CCCO1. The van der Waals surface area contributed by atoms with Crippen LogP contribution in [-0.4, -0.2) is 26.3 Å². The van der Waals surface area contributed by atoms with E-state index in [4.69, 9.17) is 9.47 Å². The van der Waals surface area contributed by atoms with E-state index in [1.165, 1.54) is 5.56 Å². The molecule has 2 atom stereocenters. The van der Waals surface area contributed by atoms with Crippen LogP contribution >= 0.6 is 0 Å². The number of hydrogen-bond donors (Lipinski definition) is 1. The Bertz CT molecular complexity index is 389. The quantitative estimate of drug-likeness (QED) is 0.838. The van der Waals surface area contributed by atoms with Crippen molar-refractivity contribution in [1.29, 1.82) is 0 Å². The van der Waals surface area contributed by atoms with Gasteiger partial charge in [0.25, 0.3) is 0 Å². The third kappa shape index (κ3) is 2.92. The Morgan fingerprint density at radius 1 is 1.33 bits per heavy atom. The van der Waals surface area contributed by atoms with Gasteiger partial charge in [0.1, 0.15) is 11.9 Å². The molecule has 1 heterocycles. The Morgan fingerprint density at radius 2 is 2.11 bits per heavy atom. The lowest BCUT2D eigenvalue weighted by atomic mass is 10.0. The van der Waals surface area contributed by atoms with Crippen molar-refractivity contribution in [3.63, 3.8) is 0 Å². The van der Waals surface area contributed by atoms with Gasteiger partial charge in [-0.2, -0.15) is 0 Å². The lowest BCUT2D eigenvalue weighted by Gasteiger charge is -2.27. The second-order valence-corrected chi connectivity index (χ2v) is 4.30. The molecule has 1 aliphatic heterocycles. The van der Waals surface area contributed by atoms with Gasteiger partial charge in [-0.15, -0.1) is 0 Å². The Labute approximate surface area is 109 Å². The first-order valence-electron chi connectivity index (χ1n) is 6.53. The van der Waals surface area contributed by atoms with Gasteiger partial charge < -0.3 is 14.8 Å². The van der Waals surface area contributed by atoms with Crippen LogP contribution in [-0.2, 0) is 9.47 Å². The van der Waals surface area contributed by atoms with Gasteiger partial charge >= 0.3 is 0 Å². The van der Waals surface area contributed by atoms with E-state index < -0.39 is 0 Å². The van der Waals surface area contributed by atoms with Crippen molar-refractivity contribution < 1.29 is 9.47 Å². The number of benzene rings is 1. The van der Waals surface area contributed by atoms with Crippen LogP contribution in [0.1, 0.15) is 25.0 Å². The smallest absolute Gasteiger partial charge is 0.112 e. The summed E-state index contributed by atoms with van der Waals surface area (Å²) in [5, 5.41) is 3.31. The van der Waals surface area contributed by atoms with Crippen molar-refractivity contribution in [3.05, 3.63) is 47.7 Å². The Morgan fingerprint density at radius 3 is 2.67 bits per heavy atom. The summed E-state index contributed by atoms with van der Waals surface area (Å²) in [5.74, 6) is 1.000. The molecule has 1 aliphatic rings. The first-order valence-corrected chi connectivity index (χ1v) is 6.53. The van der Waals surface area contributed by atoms with E-state index in [0.29, 0.717) is 6.61 Å². The molecule has 2 unspecified atom stereocenters. The Balaban J connectivity index is 2.22. The fraction of sp³-hybridized carbons (Fsp3) is 0.467. The maximum Gasteiger partial charge on any atom is 0.112 e. The highest BCUT2D eigenvalue weighted by molar-refractivity contribution is 5.23. The van der Waals surface area contributed by atoms with Gasteiger partial charge in [-0.05, 0) is 25.6 Å². The first kappa shape index (κ1) is 13.1. The highest BCUT2D eigenvalue weighted by atomic mass is 16.5. The summed E-state index contributed by atoms with van der Waals surface area (Å²) in [4.78, 5) is 0. The molecule has 2 rings (SSSR count). The number of nitrogens with one attached hydrogen (secondary N) is 1. The van der Waals surface area contributed by atoms with Crippen molar-refractivity contribution in [2.75, 3.05) is 20.3 Å². The predicted molar refractivity (Wildman–Crippen MR) is 72.3 cm³/mol. The van der Waals surface area contributed by atoms with Gasteiger partial charge in [0.2, 0.25) is 0 Å². The normalized spacial score (nSPS) is 18.0. The lowest BCUT2D eigenvalue weighted by molar-refractivity contribution is 0.0292. The molecule has 0 bridgehead atoms. The van der Waals surface area contributed by atoms with Gasteiger partial charge in [-0.3, -0.25) is 0 Å². The van der Waals surface area contributed by atoms with Crippen molar-refractivity contribution in [2.24, 2.45) is 0 Å². The van der Waals surface area contributed by atoms with Crippen molar-refractivity contribution in [1.82, 2.24) is 5.32 Å². The summed E-state index contributed by atoms with van der Waals surface area (Å²) in [5.41, 5.74) is 1.18. The van der Waals surface area contributed by atoms with Crippen LogP contribution in [0.4, 0.5) is 0 Å². The minimum absolute atomic E-state index is 0.00875. The molecular formula is C15H21NO2. The summed E-state index contributed by atoms with van der Waals surface area (Å²) < 4.78 is 11.6. The van der Waals surface area contributed by atoms with Gasteiger partial charge in [-0.1, -0.05) is 30.3 Å². The zero-order valence-electron chi connectivity index (χ0n) is 11.1.